The van der Waals surface area contributed by atoms with Gasteiger partial charge in [-0.3, -0.25) is 15.8 Å². The lowest BCUT2D eigenvalue weighted by Gasteiger charge is -2.11. The Morgan fingerprint density at radius 1 is 0.750 bits per heavy atom. The Kier molecular flexibility index (Phi) is 7.67. The second-order valence-corrected chi connectivity index (χ2v) is 6.18. The van der Waals surface area contributed by atoms with E-state index >= 15 is 0 Å². The van der Waals surface area contributed by atoms with E-state index in [0.29, 0.717) is 11.1 Å². The van der Waals surface area contributed by atoms with Crippen molar-refractivity contribution in [2.75, 3.05) is 0 Å². The van der Waals surface area contributed by atoms with Gasteiger partial charge in [-0.2, -0.15) is 0 Å². The minimum atomic E-state index is 0. The summed E-state index contributed by atoms with van der Waals surface area (Å²) in [6, 6.07) is 11.2. The van der Waals surface area contributed by atoms with Crippen LogP contribution in [0.2, 0.25) is 0 Å². The van der Waals surface area contributed by atoms with Crippen LogP contribution in [0.5, 0.6) is 0 Å². The van der Waals surface area contributed by atoms with Crippen LogP contribution in [0.15, 0.2) is 48.8 Å². The molecule has 3 rings (SSSR count). The highest BCUT2D eigenvalue weighted by Gasteiger charge is 2.10. The third-order valence-electron chi connectivity index (χ3n) is 4.26. The summed E-state index contributed by atoms with van der Waals surface area (Å²) in [5, 5.41) is 15.1. The molecule has 6 N–H and O–H groups in total. The molecular weight excluding hydrogens is 395 g/mol. The van der Waals surface area contributed by atoms with Gasteiger partial charge in [-0.15, -0.1) is 24.8 Å². The number of aryl methyl sites for hydroxylation is 2. The zero-order chi connectivity index (χ0) is 18.8. The fraction of sp³-hybridized carbons (Fsp3) is 0.100. The number of benzene rings is 2. The number of hydrogen-bond acceptors (Lipinski definition) is 4. The number of hydrogen-bond donors (Lipinski definition) is 4. The third kappa shape index (κ3) is 4.65. The highest BCUT2D eigenvalue weighted by molar-refractivity contribution is 5.96. The van der Waals surface area contributed by atoms with Crippen molar-refractivity contribution in [3.63, 3.8) is 0 Å². The normalized spacial score (nSPS) is 9.79. The van der Waals surface area contributed by atoms with E-state index in [1.165, 1.54) is 0 Å². The van der Waals surface area contributed by atoms with Crippen molar-refractivity contribution >= 4 is 36.5 Å². The monoisotopic (exact) mass is 416 g/mol. The Labute approximate surface area is 176 Å². The van der Waals surface area contributed by atoms with E-state index < -0.39 is 0 Å². The number of nitrogens with two attached hydrogens (primary N) is 2. The maximum absolute atomic E-state index is 7.55. The molecule has 0 amide bonds. The van der Waals surface area contributed by atoms with E-state index in [2.05, 4.69) is 4.98 Å². The van der Waals surface area contributed by atoms with E-state index in [-0.39, 0.29) is 36.5 Å². The van der Waals surface area contributed by atoms with Crippen molar-refractivity contribution in [2.45, 2.75) is 13.8 Å². The van der Waals surface area contributed by atoms with Crippen molar-refractivity contribution in [1.82, 2.24) is 9.97 Å². The highest BCUT2D eigenvalue weighted by atomic mass is 35.5. The zero-order valence-corrected chi connectivity index (χ0v) is 17.1. The van der Waals surface area contributed by atoms with Crippen LogP contribution in [0.4, 0.5) is 0 Å². The van der Waals surface area contributed by atoms with Gasteiger partial charge in [0, 0.05) is 22.3 Å². The standard InChI is InChI=1S/C20H20N6.2ClH/c1-11-7-13(19(21)22)3-5-15(11)17-9-25-10-18(26-17)16-6-4-14(20(23)24)8-12(16)2;;/h3-10H,1-2H3,(H3,21,22)(H3,23,24);2*1H. The van der Waals surface area contributed by atoms with Gasteiger partial charge in [0.2, 0.25) is 0 Å². The molecule has 0 fully saturated rings. The molecule has 3 aromatic rings. The third-order valence-corrected chi connectivity index (χ3v) is 4.26. The first-order chi connectivity index (χ1) is 12.4. The average molecular weight is 417 g/mol. The van der Waals surface area contributed by atoms with Gasteiger partial charge >= 0.3 is 0 Å². The molecule has 1 heterocycles. The van der Waals surface area contributed by atoms with Crippen molar-refractivity contribution in [2.24, 2.45) is 11.5 Å². The smallest absolute Gasteiger partial charge is 0.122 e. The molecule has 0 bridgehead atoms. The second-order valence-electron chi connectivity index (χ2n) is 6.18. The van der Waals surface area contributed by atoms with Crippen LogP contribution in [-0.4, -0.2) is 21.6 Å². The number of nitrogen functional groups attached to an aromatic ring is 2. The minimum Gasteiger partial charge on any atom is -0.384 e. The van der Waals surface area contributed by atoms with E-state index in [4.69, 9.17) is 27.3 Å². The Bertz CT molecular complexity index is 954. The Morgan fingerprint density at radius 3 is 1.46 bits per heavy atom. The fourth-order valence-electron chi connectivity index (χ4n) is 2.86. The molecule has 6 nitrogen and oxygen atoms in total. The number of amidine groups is 2. The minimum absolute atomic E-state index is 0. The summed E-state index contributed by atoms with van der Waals surface area (Å²) in [5.74, 6) is 0.0846. The van der Waals surface area contributed by atoms with Crippen LogP contribution >= 0.6 is 24.8 Å². The molecule has 0 saturated heterocycles. The quantitative estimate of drug-likeness (QED) is 0.380. The van der Waals surface area contributed by atoms with Crippen LogP contribution in [-0.2, 0) is 0 Å². The molecule has 0 saturated carbocycles. The van der Waals surface area contributed by atoms with Crippen LogP contribution < -0.4 is 11.5 Å². The molecule has 1 aromatic heterocycles. The molecule has 2 aromatic carbocycles. The van der Waals surface area contributed by atoms with Crippen molar-refractivity contribution in [3.8, 4) is 22.5 Å². The topological polar surface area (TPSA) is 126 Å². The van der Waals surface area contributed by atoms with Crippen molar-refractivity contribution in [1.29, 1.82) is 10.8 Å². The summed E-state index contributed by atoms with van der Waals surface area (Å²) in [4.78, 5) is 9.09. The summed E-state index contributed by atoms with van der Waals surface area (Å²) in [5.41, 5.74) is 17.8. The number of rotatable bonds is 4. The predicted octanol–water partition coefficient (Wildman–Crippen LogP) is 3.84. The van der Waals surface area contributed by atoms with Crippen molar-refractivity contribution < 1.29 is 0 Å². The van der Waals surface area contributed by atoms with Gasteiger partial charge in [-0.1, -0.05) is 24.3 Å². The SMILES string of the molecule is Cc1cc(C(=N)N)ccc1-c1cncc(-c2ccc(C(=N)N)cc2C)n1.Cl.Cl. The summed E-state index contributed by atoms with van der Waals surface area (Å²) >= 11 is 0. The Morgan fingerprint density at radius 2 is 1.14 bits per heavy atom. The van der Waals surface area contributed by atoms with Crippen LogP contribution in [0.3, 0.4) is 0 Å². The van der Waals surface area contributed by atoms with Gasteiger partial charge in [-0.25, -0.2) is 4.98 Å². The van der Waals surface area contributed by atoms with Gasteiger partial charge in [0.05, 0.1) is 23.8 Å². The Balaban J connectivity index is 0.00000196. The molecule has 146 valence electrons. The maximum atomic E-state index is 7.55. The molecule has 28 heavy (non-hydrogen) atoms. The second kappa shape index (κ2) is 9.30. The number of halogens is 2. The predicted molar refractivity (Wildman–Crippen MR) is 119 cm³/mol. The Hall–Kier alpha value is -2.96. The van der Waals surface area contributed by atoms with Gasteiger partial charge in [0.1, 0.15) is 11.7 Å². The molecule has 8 heteroatoms. The number of nitrogens with zero attached hydrogens (tertiary/aromatic N) is 2. The lowest BCUT2D eigenvalue weighted by molar-refractivity contribution is 1.19. The van der Waals surface area contributed by atoms with E-state index in [9.17, 15) is 0 Å². The van der Waals surface area contributed by atoms with E-state index in [1.807, 2.05) is 50.2 Å². The molecule has 0 radical (unpaired) electrons. The largest absolute Gasteiger partial charge is 0.384 e. The molecule has 0 unspecified atom stereocenters. The van der Waals surface area contributed by atoms with Crippen LogP contribution in [0.25, 0.3) is 22.5 Å². The van der Waals surface area contributed by atoms with Crippen LogP contribution in [0, 0.1) is 24.7 Å². The fourth-order valence-corrected chi connectivity index (χ4v) is 2.86. The molecular formula is C20H22Cl2N6. The lowest BCUT2D eigenvalue weighted by Crippen LogP contribution is -2.11. The summed E-state index contributed by atoms with van der Waals surface area (Å²) in [6.07, 6.45) is 3.44. The van der Waals surface area contributed by atoms with Crippen molar-refractivity contribution in [3.05, 3.63) is 71.0 Å². The molecule has 0 aliphatic rings. The summed E-state index contributed by atoms with van der Waals surface area (Å²) in [7, 11) is 0. The van der Waals surface area contributed by atoms with Gasteiger partial charge in [0.25, 0.3) is 0 Å². The van der Waals surface area contributed by atoms with E-state index in [0.717, 1.165) is 33.6 Å². The maximum Gasteiger partial charge on any atom is 0.122 e. The molecule has 0 aliphatic carbocycles. The average Bonchev–Trinajstić information content (AvgIpc) is 2.61. The first kappa shape index (κ1) is 23.1. The molecule has 0 aliphatic heterocycles. The van der Waals surface area contributed by atoms with Gasteiger partial charge in [0.15, 0.2) is 0 Å². The first-order valence-corrected chi connectivity index (χ1v) is 8.09. The summed E-state index contributed by atoms with van der Waals surface area (Å²) < 4.78 is 0. The number of aromatic nitrogens is 2. The van der Waals surface area contributed by atoms with Gasteiger partial charge < -0.3 is 11.5 Å². The van der Waals surface area contributed by atoms with E-state index in [1.54, 1.807) is 12.4 Å². The number of nitrogens with one attached hydrogen (secondary N) is 2. The lowest BCUT2D eigenvalue weighted by atomic mass is 10.0. The molecule has 0 atom stereocenters. The first-order valence-electron chi connectivity index (χ1n) is 8.09. The van der Waals surface area contributed by atoms with Gasteiger partial charge in [-0.05, 0) is 37.1 Å². The molecule has 0 spiro atoms. The zero-order valence-electron chi connectivity index (χ0n) is 15.5. The summed E-state index contributed by atoms with van der Waals surface area (Å²) in [6.45, 7) is 3.92. The highest BCUT2D eigenvalue weighted by Crippen LogP contribution is 2.27. The van der Waals surface area contributed by atoms with Crippen LogP contribution in [0.1, 0.15) is 22.3 Å².